The highest BCUT2D eigenvalue weighted by molar-refractivity contribution is 5.91. The molecule has 1 aliphatic rings. The van der Waals surface area contributed by atoms with E-state index in [1.54, 1.807) is 23.9 Å². The first-order valence-electron chi connectivity index (χ1n) is 10.5. The van der Waals surface area contributed by atoms with E-state index < -0.39 is 5.97 Å². The van der Waals surface area contributed by atoms with E-state index in [9.17, 15) is 14.0 Å². The van der Waals surface area contributed by atoms with Crippen molar-refractivity contribution in [1.82, 2.24) is 15.1 Å². The number of para-hydroxylation sites is 1. The minimum absolute atomic E-state index is 0.212. The van der Waals surface area contributed by atoms with Crippen LogP contribution in [0.15, 0.2) is 48.5 Å². The summed E-state index contributed by atoms with van der Waals surface area (Å²) < 4.78 is 25.4. The van der Waals surface area contributed by atoms with Gasteiger partial charge in [-0.25, -0.2) is 13.9 Å². The highest BCUT2D eigenvalue weighted by Gasteiger charge is 2.28. The largest absolute Gasteiger partial charge is 0.496 e. The molecule has 3 aromatic rings. The zero-order chi connectivity index (χ0) is 22.5. The van der Waals surface area contributed by atoms with Gasteiger partial charge in [-0.15, -0.1) is 0 Å². The third-order valence-corrected chi connectivity index (χ3v) is 5.44. The molecule has 32 heavy (non-hydrogen) atoms. The summed E-state index contributed by atoms with van der Waals surface area (Å²) in [4.78, 5) is 24.8. The highest BCUT2D eigenvalue weighted by atomic mass is 19.1. The number of amides is 1. The maximum absolute atomic E-state index is 13.3. The van der Waals surface area contributed by atoms with Crippen molar-refractivity contribution >= 4 is 11.9 Å². The van der Waals surface area contributed by atoms with Crippen LogP contribution in [-0.4, -0.2) is 41.9 Å². The molecule has 8 heteroatoms. The van der Waals surface area contributed by atoms with Crippen LogP contribution in [0.3, 0.4) is 0 Å². The van der Waals surface area contributed by atoms with Gasteiger partial charge in [0.1, 0.15) is 11.6 Å². The third-order valence-electron chi connectivity index (χ3n) is 5.44. The van der Waals surface area contributed by atoms with E-state index in [0.29, 0.717) is 25.1 Å². The molecule has 166 valence electrons. The average Bonchev–Trinajstić information content (AvgIpc) is 3.41. The van der Waals surface area contributed by atoms with Crippen molar-refractivity contribution in [1.29, 1.82) is 0 Å². The normalized spacial score (nSPS) is 12.3. The van der Waals surface area contributed by atoms with Crippen LogP contribution in [0.2, 0.25) is 0 Å². The molecule has 0 aliphatic heterocycles. The molecule has 0 bridgehead atoms. The molecule has 1 N–H and O–H groups in total. The number of nitrogens with zero attached hydrogens (tertiary/aromatic N) is 2. The number of aromatic nitrogens is 2. The van der Waals surface area contributed by atoms with Gasteiger partial charge in [0, 0.05) is 17.8 Å². The Morgan fingerprint density at radius 1 is 1.12 bits per heavy atom. The van der Waals surface area contributed by atoms with E-state index in [0.717, 1.165) is 35.4 Å². The van der Waals surface area contributed by atoms with Crippen LogP contribution < -0.4 is 10.1 Å². The van der Waals surface area contributed by atoms with E-state index >= 15 is 0 Å². The number of fused-ring (bicyclic) bond motifs is 1. The van der Waals surface area contributed by atoms with E-state index in [1.807, 2.05) is 24.3 Å². The van der Waals surface area contributed by atoms with Gasteiger partial charge in [0.15, 0.2) is 12.3 Å². The van der Waals surface area contributed by atoms with E-state index in [2.05, 4.69) is 10.4 Å². The van der Waals surface area contributed by atoms with Crippen molar-refractivity contribution in [2.24, 2.45) is 0 Å². The Morgan fingerprint density at radius 3 is 2.69 bits per heavy atom. The summed E-state index contributed by atoms with van der Waals surface area (Å²) in [7, 11) is 1.60. The van der Waals surface area contributed by atoms with Gasteiger partial charge >= 0.3 is 5.97 Å². The van der Waals surface area contributed by atoms with Gasteiger partial charge in [0.05, 0.1) is 12.8 Å². The van der Waals surface area contributed by atoms with Gasteiger partial charge in [0.25, 0.3) is 5.91 Å². The smallest absolute Gasteiger partial charge is 0.359 e. The summed E-state index contributed by atoms with van der Waals surface area (Å²) in [6.07, 6.45) is 2.99. The second-order valence-electron chi connectivity index (χ2n) is 7.50. The number of hydrogen-bond donors (Lipinski definition) is 1. The summed E-state index contributed by atoms with van der Waals surface area (Å²) in [6.45, 7) is 0.00822. The van der Waals surface area contributed by atoms with Crippen LogP contribution in [0.1, 0.15) is 33.7 Å². The van der Waals surface area contributed by atoms with Crippen LogP contribution in [0.4, 0.5) is 4.39 Å². The van der Waals surface area contributed by atoms with E-state index in [4.69, 9.17) is 9.47 Å². The van der Waals surface area contributed by atoms with Gasteiger partial charge in [-0.3, -0.25) is 4.79 Å². The lowest BCUT2D eigenvalue weighted by Crippen LogP contribution is -2.30. The molecule has 1 aliphatic carbocycles. The Labute approximate surface area is 185 Å². The molecule has 1 amide bonds. The fraction of sp³-hybridized carbons (Fsp3) is 0.292. The van der Waals surface area contributed by atoms with Crippen molar-refractivity contribution in [3.05, 3.63) is 76.9 Å². The third kappa shape index (κ3) is 4.64. The van der Waals surface area contributed by atoms with Gasteiger partial charge in [-0.2, -0.15) is 5.10 Å². The lowest BCUT2D eigenvalue weighted by molar-refractivity contribution is -0.124. The standard InChI is InChI=1S/C24H24FN3O4/c1-31-21-8-3-2-5-16(21)13-14-26-22(29)15-32-24(30)23-19-6-4-7-20(19)28(27-23)18-11-9-17(25)10-12-18/h2-3,5,8-12H,4,6-7,13-15H2,1H3,(H,26,29). The SMILES string of the molecule is COc1ccccc1CCNC(=O)COC(=O)c1nn(-c2ccc(F)cc2)c2c1CCC2. The number of esters is 1. The average molecular weight is 437 g/mol. The molecule has 0 radical (unpaired) electrons. The minimum Gasteiger partial charge on any atom is -0.496 e. The maximum Gasteiger partial charge on any atom is 0.359 e. The summed E-state index contributed by atoms with van der Waals surface area (Å²) in [6, 6.07) is 13.5. The topological polar surface area (TPSA) is 82.4 Å². The first kappa shape index (κ1) is 21.5. The molecule has 0 fully saturated rings. The summed E-state index contributed by atoms with van der Waals surface area (Å²) in [5, 5.41) is 7.15. The van der Waals surface area contributed by atoms with Crippen molar-refractivity contribution < 1.29 is 23.5 Å². The number of carbonyl (C=O) groups excluding carboxylic acids is 2. The number of nitrogens with one attached hydrogen (secondary N) is 1. The molecule has 2 aromatic carbocycles. The first-order chi connectivity index (χ1) is 15.6. The summed E-state index contributed by atoms with van der Waals surface area (Å²) in [5.74, 6) is -0.598. The quantitative estimate of drug-likeness (QED) is 0.548. The van der Waals surface area contributed by atoms with Crippen LogP contribution in [0, 0.1) is 5.82 Å². The Bertz CT molecular complexity index is 1120. The van der Waals surface area contributed by atoms with Gasteiger partial charge in [-0.1, -0.05) is 18.2 Å². The van der Waals surface area contributed by atoms with Crippen molar-refractivity contribution in [3.63, 3.8) is 0 Å². The van der Waals surface area contributed by atoms with Crippen molar-refractivity contribution in [3.8, 4) is 11.4 Å². The van der Waals surface area contributed by atoms with Gasteiger partial charge in [0.2, 0.25) is 0 Å². The Morgan fingerprint density at radius 2 is 1.91 bits per heavy atom. The van der Waals surface area contributed by atoms with Crippen LogP contribution in [0.25, 0.3) is 5.69 Å². The lowest BCUT2D eigenvalue weighted by atomic mass is 10.1. The predicted octanol–water partition coefficient (Wildman–Crippen LogP) is 3.02. The first-order valence-corrected chi connectivity index (χ1v) is 10.5. The van der Waals surface area contributed by atoms with Gasteiger partial charge < -0.3 is 14.8 Å². The zero-order valence-corrected chi connectivity index (χ0v) is 17.8. The molecular weight excluding hydrogens is 413 g/mol. The molecule has 0 saturated heterocycles. The number of carbonyl (C=O) groups is 2. The molecule has 7 nitrogen and oxygen atoms in total. The molecule has 0 spiro atoms. The van der Waals surface area contributed by atoms with E-state index in [-0.39, 0.29) is 24.0 Å². The number of ether oxygens (including phenoxy) is 2. The second kappa shape index (κ2) is 9.64. The zero-order valence-electron chi connectivity index (χ0n) is 17.8. The minimum atomic E-state index is -0.635. The van der Waals surface area contributed by atoms with Crippen LogP contribution in [0.5, 0.6) is 5.75 Å². The lowest BCUT2D eigenvalue weighted by Gasteiger charge is -2.09. The number of halogens is 1. The molecule has 0 saturated carbocycles. The fourth-order valence-electron chi connectivity index (χ4n) is 3.89. The molecule has 4 rings (SSSR count). The van der Waals surface area contributed by atoms with Crippen LogP contribution in [-0.2, 0) is 28.8 Å². The summed E-state index contributed by atoms with van der Waals surface area (Å²) in [5.41, 5.74) is 3.62. The number of methoxy groups -OCH3 is 1. The molecule has 0 unspecified atom stereocenters. The predicted molar refractivity (Wildman–Crippen MR) is 116 cm³/mol. The molecule has 0 atom stereocenters. The van der Waals surface area contributed by atoms with E-state index in [1.165, 1.54) is 12.1 Å². The number of benzene rings is 2. The summed E-state index contributed by atoms with van der Waals surface area (Å²) >= 11 is 0. The maximum atomic E-state index is 13.3. The Hall–Kier alpha value is -3.68. The monoisotopic (exact) mass is 437 g/mol. The second-order valence-corrected chi connectivity index (χ2v) is 7.50. The Kier molecular flexibility index (Phi) is 6.49. The highest BCUT2D eigenvalue weighted by Crippen LogP contribution is 2.28. The molecule has 1 heterocycles. The number of hydrogen-bond acceptors (Lipinski definition) is 5. The number of rotatable bonds is 8. The van der Waals surface area contributed by atoms with Crippen molar-refractivity contribution in [2.45, 2.75) is 25.7 Å². The van der Waals surface area contributed by atoms with Crippen LogP contribution >= 0.6 is 0 Å². The molecule has 1 aromatic heterocycles. The van der Waals surface area contributed by atoms with Crippen molar-refractivity contribution in [2.75, 3.05) is 20.3 Å². The van der Waals surface area contributed by atoms with Gasteiger partial charge in [-0.05, 0) is 61.6 Å². The fourth-order valence-corrected chi connectivity index (χ4v) is 3.89. The molecular formula is C24H24FN3O4. The Balaban J connectivity index is 1.35.